The summed E-state index contributed by atoms with van der Waals surface area (Å²) in [5.41, 5.74) is 0. The molecule has 0 fully saturated rings. The van der Waals surface area contributed by atoms with Gasteiger partial charge in [-0.2, -0.15) is 4.83 Å². The van der Waals surface area contributed by atoms with Gasteiger partial charge in [-0.15, -0.1) is 0 Å². The fraction of sp³-hybridized carbons (Fsp3) is 1.00. The minimum absolute atomic E-state index is 0.807. The smallest absolute Gasteiger partial charge is 0.238 e. The summed E-state index contributed by atoms with van der Waals surface area (Å²) in [6.45, 7) is 0. The number of hydrogen-bond acceptors (Lipinski definition) is 5. The van der Waals surface area contributed by atoms with E-state index in [1.165, 1.54) is 4.83 Å². The maximum absolute atomic E-state index is 10.4. The highest BCUT2D eigenvalue weighted by Gasteiger charge is 2.15. The number of hydrogen-bond donors (Lipinski definition) is 2. The van der Waals surface area contributed by atoms with Crippen LogP contribution in [0, 0.1) is 0 Å². The maximum Gasteiger partial charge on any atom is 0.238 e. The lowest BCUT2D eigenvalue weighted by Crippen LogP contribution is -2.34. The van der Waals surface area contributed by atoms with Crippen LogP contribution in [0.1, 0.15) is 0 Å². The van der Waals surface area contributed by atoms with Gasteiger partial charge in [-0.25, -0.2) is 16.8 Å². The van der Waals surface area contributed by atoms with Crippen molar-refractivity contribution >= 4 is 19.9 Å². The lowest BCUT2D eigenvalue weighted by Gasteiger charge is -1.97. The van der Waals surface area contributed by atoms with E-state index in [0.29, 0.717) is 0 Å². The Bertz CT molecular complexity index is 287. The topological polar surface area (TPSA) is 106 Å². The second-order valence-electron chi connectivity index (χ2n) is 1.78. The number of rotatable bonds is 3. The van der Waals surface area contributed by atoms with Crippen LogP contribution < -0.4 is 10.7 Å². The lowest BCUT2D eigenvalue weighted by molar-refractivity contribution is 0.583. The molecule has 0 unspecified atom stereocenters. The van der Waals surface area contributed by atoms with E-state index >= 15 is 0 Å². The van der Waals surface area contributed by atoms with Crippen LogP contribution in [0.5, 0.6) is 0 Å². The van der Waals surface area contributed by atoms with E-state index in [9.17, 15) is 16.8 Å². The normalized spacial score (nSPS) is 13.4. The van der Waals surface area contributed by atoms with Gasteiger partial charge in [-0.3, -0.25) is 5.84 Å². The minimum atomic E-state index is -3.84. The predicted molar refractivity (Wildman–Crippen MR) is 36.0 cm³/mol. The van der Waals surface area contributed by atoms with Crippen molar-refractivity contribution in [3.63, 3.8) is 0 Å². The Kier molecular flexibility index (Phi) is 2.77. The van der Waals surface area contributed by atoms with Crippen molar-refractivity contribution in [1.82, 2.24) is 4.83 Å². The molecule has 0 rings (SSSR count). The maximum atomic E-state index is 10.4. The van der Waals surface area contributed by atoms with Gasteiger partial charge in [-0.05, 0) is 0 Å². The Morgan fingerprint density at radius 3 is 1.80 bits per heavy atom. The van der Waals surface area contributed by atoms with E-state index in [1.807, 2.05) is 0 Å². The van der Waals surface area contributed by atoms with E-state index in [4.69, 9.17) is 0 Å². The molecule has 0 saturated carbocycles. The molecule has 3 N–H and O–H groups in total. The molecule has 0 amide bonds. The van der Waals surface area contributed by atoms with Crippen molar-refractivity contribution in [3.8, 4) is 0 Å². The molecule has 0 atom stereocenters. The molecule has 0 aliphatic heterocycles. The first-order valence-corrected chi connectivity index (χ1v) is 5.86. The molecule has 0 aromatic heterocycles. The number of sulfonamides is 1. The molecule has 6 nitrogen and oxygen atoms in total. The Balaban J connectivity index is 4.49. The van der Waals surface area contributed by atoms with E-state index in [-0.39, 0.29) is 0 Å². The molecule has 10 heavy (non-hydrogen) atoms. The fourth-order valence-corrected chi connectivity index (χ4v) is 2.84. The van der Waals surface area contributed by atoms with Crippen molar-refractivity contribution in [2.75, 3.05) is 11.3 Å². The van der Waals surface area contributed by atoms with Gasteiger partial charge in [0.15, 0.2) is 14.9 Å². The van der Waals surface area contributed by atoms with Gasteiger partial charge in [0.05, 0.1) is 0 Å². The van der Waals surface area contributed by atoms with Crippen molar-refractivity contribution in [3.05, 3.63) is 0 Å². The second-order valence-corrected chi connectivity index (χ2v) is 6.04. The van der Waals surface area contributed by atoms with E-state index in [2.05, 4.69) is 5.84 Å². The average Bonchev–Trinajstić information content (AvgIpc) is 1.60. The van der Waals surface area contributed by atoms with Crippen molar-refractivity contribution < 1.29 is 16.8 Å². The highest BCUT2D eigenvalue weighted by molar-refractivity contribution is 8.06. The van der Waals surface area contributed by atoms with Gasteiger partial charge in [0.25, 0.3) is 0 Å². The quantitative estimate of drug-likeness (QED) is 0.385. The predicted octanol–water partition coefficient (Wildman–Crippen LogP) is -2.22. The first-order valence-electron chi connectivity index (χ1n) is 2.15. The van der Waals surface area contributed by atoms with Crippen LogP contribution in [0.2, 0.25) is 0 Å². The molecular weight excluding hydrogens is 180 g/mol. The van der Waals surface area contributed by atoms with Crippen LogP contribution in [0.4, 0.5) is 0 Å². The van der Waals surface area contributed by atoms with Gasteiger partial charge in [0, 0.05) is 6.26 Å². The minimum Gasteiger partial charge on any atom is -0.258 e. The third-order valence-corrected chi connectivity index (χ3v) is 3.86. The highest BCUT2D eigenvalue weighted by Crippen LogP contribution is 1.88. The molecule has 0 saturated heterocycles. The third kappa shape index (κ3) is 4.68. The zero-order valence-electron chi connectivity index (χ0n) is 5.23. The molecular formula is C2H8N2O4S2. The summed E-state index contributed by atoms with van der Waals surface area (Å²) < 4.78 is 41.5. The van der Waals surface area contributed by atoms with Crippen LogP contribution in [0.3, 0.4) is 0 Å². The summed E-state index contributed by atoms with van der Waals surface area (Å²) in [6.07, 6.45) is 0.807. The zero-order chi connectivity index (χ0) is 8.41. The van der Waals surface area contributed by atoms with Crippen LogP contribution in [0.15, 0.2) is 0 Å². The summed E-state index contributed by atoms with van der Waals surface area (Å²) in [6, 6.07) is 0. The molecule has 0 bridgehead atoms. The number of hydrazine groups is 1. The van der Waals surface area contributed by atoms with E-state index < -0.39 is 24.9 Å². The molecule has 0 heterocycles. The second kappa shape index (κ2) is 2.82. The molecule has 0 aromatic carbocycles. The Labute approximate surface area is 59.4 Å². The molecule has 0 spiro atoms. The largest absolute Gasteiger partial charge is 0.258 e. The number of sulfone groups is 1. The Morgan fingerprint density at radius 1 is 1.30 bits per heavy atom. The molecule has 0 aliphatic carbocycles. The standard InChI is InChI=1S/C2H8N2O4S2/c1-9(5,6)2-10(7,8)4-3/h4H,2-3H2,1H3. The summed E-state index contributed by atoms with van der Waals surface area (Å²) in [4.78, 5) is 1.39. The molecule has 62 valence electrons. The molecule has 0 aliphatic rings. The molecule has 8 heteroatoms. The van der Waals surface area contributed by atoms with Gasteiger partial charge in [0.1, 0.15) is 0 Å². The monoisotopic (exact) mass is 188 g/mol. The number of nitrogens with two attached hydrogens (primary N) is 1. The Morgan fingerprint density at radius 2 is 1.70 bits per heavy atom. The van der Waals surface area contributed by atoms with Crippen molar-refractivity contribution in [2.24, 2.45) is 5.84 Å². The van der Waals surface area contributed by atoms with Crippen LogP contribution in [-0.2, 0) is 19.9 Å². The summed E-state index contributed by atoms with van der Waals surface area (Å²) in [5, 5.41) is -0.976. The van der Waals surface area contributed by atoms with Crippen molar-refractivity contribution in [1.29, 1.82) is 0 Å². The van der Waals surface area contributed by atoms with E-state index in [0.717, 1.165) is 6.26 Å². The van der Waals surface area contributed by atoms with Gasteiger partial charge in [-0.1, -0.05) is 0 Å². The summed E-state index contributed by atoms with van der Waals surface area (Å²) >= 11 is 0. The van der Waals surface area contributed by atoms with Gasteiger partial charge >= 0.3 is 0 Å². The van der Waals surface area contributed by atoms with E-state index in [1.54, 1.807) is 0 Å². The van der Waals surface area contributed by atoms with Gasteiger partial charge in [0.2, 0.25) is 10.0 Å². The molecule has 0 aromatic rings. The molecule has 0 radical (unpaired) electrons. The first-order chi connectivity index (χ1) is 4.27. The van der Waals surface area contributed by atoms with Gasteiger partial charge < -0.3 is 0 Å². The fourth-order valence-electron chi connectivity index (χ4n) is 0.316. The first kappa shape index (κ1) is 9.82. The van der Waals surface area contributed by atoms with Crippen molar-refractivity contribution in [2.45, 2.75) is 0 Å². The SMILES string of the molecule is CS(=O)(=O)CS(=O)(=O)NN. The Hall–Kier alpha value is -0.180. The average molecular weight is 188 g/mol. The summed E-state index contributed by atoms with van der Waals surface area (Å²) in [7, 11) is -7.36. The zero-order valence-corrected chi connectivity index (χ0v) is 6.87. The highest BCUT2D eigenvalue weighted by atomic mass is 32.3. The van der Waals surface area contributed by atoms with Crippen LogP contribution in [-0.4, -0.2) is 28.2 Å². The lowest BCUT2D eigenvalue weighted by atomic mass is 11.9. The summed E-state index contributed by atoms with van der Waals surface area (Å²) in [5.74, 6) is 4.51. The van der Waals surface area contributed by atoms with Crippen LogP contribution in [0.25, 0.3) is 0 Å². The third-order valence-electron chi connectivity index (χ3n) is 0.549. The van der Waals surface area contributed by atoms with Crippen LogP contribution >= 0.6 is 0 Å². The number of nitrogens with one attached hydrogen (secondary N) is 1.